The van der Waals surface area contributed by atoms with Gasteiger partial charge >= 0.3 is 0 Å². The molecule has 3 rings (SSSR count). The zero-order valence-corrected chi connectivity index (χ0v) is 13.7. The highest BCUT2D eigenvalue weighted by Crippen LogP contribution is 2.33. The van der Waals surface area contributed by atoms with E-state index in [2.05, 4.69) is 19.2 Å². The summed E-state index contributed by atoms with van der Waals surface area (Å²) in [7, 11) is 0. The highest BCUT2D eigenvalue weighted by molar-refractivity contribution is 7.20. The third-order valence-corrected chi connectivity index (χ3v) is 4.97. The van der Waals surface area contributed by atoms with Crippen molar-refractivity contribution in [3.8, 4) is 0 Å². The fourth-order valence-corrected chi connectivity index (χ4v) is 3.56. The molecule has 0 spiro atoms. The van der Waals surface area contributed by atoms with Crippen LogP contribution in [0.2, 0.25) is 0 Å². The molecule has 2 N–H and O–H groups in total. The smallest absolute Gasteiger partial charge is 0.261 e. The average molecular weight is 315 g/mol. The Morgan fingerprint density at radius 2 is 2.05 bits per heavy atom. The van der Waals surface area contributed by atoms with E-state index in [-0.39, 0.29) is 11.9 Å². The van der Waals surface area contributed by atoms with Crippen molar-refractivity contribution in [1.82, 2.24) is 5.32 Å². The second-order valence-electron chi connectivity index (χ2n) is 6.29. The van der Waals surface area contributed by atoms with E-state index in [0.29, 0.717) is 16.6 Å². The largest absolute Gasteiger partial charge is 0.510 e. The third kappa shape index (κ3) is 3.33. The van der Waals surface area contributed by atoms with Gasteiger partial charge < -0.3 is 10.4 Å². The molecule has 1 amide bonds. The number of carbonyl (C=O) groups is 1. The molecule has 4 heteroatoms. The van der Waals surface area contributed by atoms with Gasteiger partial charge in [-0.2, -0.15) is 0 Å². The van der Waals surface area contributed by atoms with Crippen molar-refractivity contribution in [1.29, 1.82) is 0 Å². The van der Waals surface area contributed by atoms with Crippen molar-refractivity contribution in [2.45, 2.75) is 39.2 Å². The Hall–Kier alpha value is -1.81. The van der Waals surface area contributed by atoms with Crippen molar-refractivity contribution in [3.63, 3.8) is 0 Å². The van der Waals surface area contributed by atoms with E-state index in [1.807, 2.05) is 30.3 Å². The minimum absolute atomic E-state index is 0.0975. The molecule has 116 valence electrons. The number of hydrogen-bond donors (Lipinski definition) is 2. The maximum absolute atomic E-state index is 12.5. The van der Waals surface area contributed by atoms with Crippen LogP contribution in [0.3, 0.4) is 0 Å². The average Bonchev–Trinajstić information content (AvgIpc) is 3.23. The van der Waals surface area contributed by atoms with Gasteiger partial charge in [0.2, 0.25) is 0 Å². The lowest BCUT2D eigenvalue weighted by Crippen LogP contribution is -2.37. The van der Waals surface area contributed by atoms with Gasteiger partial charge in [0.1, 0.15) is 5.76 Å². The number of amides is 1. The minimum Gasteiger partial charge on any atom is -0.510 e. The Morgan fingerprint density at radius 1 is 1.32 bits per heavy atom. The summed E-state index contributed by atoms with van der Waals surface area (Å²) in [5.74, 6) is 0.692. The standard InChI is InChI=1S/C18H21NO2S/c1-11(2)9-14(17(20)12-7-8-12)19-18(21)16-10-13-5-3-4-6-15(13)22-16/h3-6,10-11,14,20H,7-9H2,1-2H3,(H,19,21)/t14-/m0/s1. The van der Waals surface area contributed by atoms with Crippen LogP contribution in [-0.2, 0) is 0 Å². The first-order valence-electron chi connectivity index (χ1n) is 7.75. The lowest BCUT2D eigenvalue weighted by molar-refractivity contribution is 0.0932. The summed E-state index contributed by atoms with van der Waals surface area (Å²) in [6.45, 7) is 4.20. The fourth-order valence-electron chi connectivity index (χ4n) is 2.60. The van der Waals surface area contributed by atoms with Gasteiger partial charge in [-0.1, -0.05) is 32.0 Å². The summed E-state index contributed by atoms with van der Waals surface area (Å²) in [6, 6.07) is 9.63. The van der Waals surface area contributed by atoms with Crippen LogP contribution >= 0.6 is 11.3 Å². The summed E-state index contributed by atoms with van der Waals surface area (Å²) >= 11 is 1.49. The summed E-state index contributed by atoms with van der Waals surface area (Å²) in [5, 5.41) is 14.4. The van der Waals surface area contributed by atoms with Gasteiger partial charge in [-0.15, -0.1) is 11.3 Å². The number of aliphatic hydroxyl groups excluding tert-OH is 1. The molecular formula is C18H21NO2S. The summed E-state index contributed by atoms with van der Waals surface area (Å²) < 4.78 is 1.11. The van der Waals surface area contributed by atoms with Crippen molar-refractivity contribution in [2.24, 2.45) is 5.92 Å². The van der Waals surface area contributed by atoms with Crippen LogP contribution < -0.4 is 5.32 Å². The number of carbonyl (C=O) groups excluding carboxylic acids is 1. The first kappa shape index (κ1) is 15.1. The Morgan fingerprint density at radius 3 is 2.68 bits per heavy atom. The fraction of sp³-hybridized carbons (Fsp3) is 0.389. The maximum Gasteiger partial charge on any atom is 0.261 e. The van der Waals surface area contributed by atoms with Gasteiger partial charge in [0.05, 0.1) is 10.9 Å². The molecule has 1 aliphatic rings. The predicted octanol–water partition coefficient (Wildman–Crippen LogP) is 4.65. The number of nitrogens with one attached hydrogen (secondary N) is 1. The molecule has 2 aromatic rings. The van der Waals surface area contributed by atoms with Gasteiger partial charge in [-0.05, 0) is 48.3 Å². The molecule has 0 bridgehead atoms. The Kier molecular flexibility index (Phi) is 4.21. The molecule has 1 aliphatic carbocycles. The van der Waals surface area contributed by atoms with Crippen molar-refractivity contribution in [2.75, 3.05) is 0 Å². The molecule has 1 aromatic carbocycles. The molecule has 0 saturated heterocycles. The number of rotatable bonds is 5. The van der Waals surface area contributed by atoms with Gasteiger partial charge in [0.25, 0.3) is 5.91 Å². The van der Waals surface area contributed by atoms with Crippen molar-refractivity contribution in [3.05, 3.63) is 46.5 Å². The van der Waals surface area contributed by atoms with Gasteiger partial charge in [-0.25, -0.2) is 0 Å². The second kappa shape index (κ2) is 6.13. The molecule has 0 radical (unpaired) electrons. The van der Waals surface area contributed by atoms with E-state index >= 15 is 0 Å². The van der Waals surface area contributed by atoms with E-state index in [4.69, 9.17) is 0 Å². The van der Waals surface area contributed by atoms with E-state index < -0.39 is 0 Å². The molecule has 0 aliphatic heterocycles. The first-order valence-corrected chi connectivity index (χ1v) is 8.56. The highest BCUT2D eigenvalue weighted by atomic mass is 32.1. The molecule has 22 heavy (non-hydrogen) atoms. The minimum atomic E-state index is -0.268. The molecule has 1 aromatic heterocycles. The van der Waals surface area contributed by atoms with Crippen LogP contribution in [0.15, 0.2) is 41.7 Å². The third-order valence-electron chi connectivity index (χ3n) is 3.85. The van der Waals surface area contributed by atoms with E-state index in [0.717, 1.165) is 34.9 Å². The zero-order chi connectivity index (χ0) is 15.7. The van der Waals surface area contributed by atoms with E-state index in [1.54, 1.807) is 0 Å². The molecule has 1 fully saturated rings. The van der Waals surface area contributed by atoms with Crippen molar-refractivity contribution < 1.29 is 9.90 Å². The number of benzene rings is 1. The van der Waals surface area contributed by atoms with Crippen molar-refractivity contribution >= 4 is 27.3 Å². The number of aliphatic hydroxyl groups is 1. The Labute approximate surface area is 134 Å². The van der Waals surface area contributed by atoms with E-state index in [9.17, 15) is 9.90 Å². The lowest BCUT2D eigenvalue weighted by Gasteiger charge is -2.19. The second-order valence-corrected chi connectivity index (χ2v) is 7.38. The summed E-state index contributed by atoms with van der Waals surface area (Å²) in [6.07, 6.45) is 2.67. The Bertz CT molecular complexity index is 691. The van der Waals surface area contributed by atoms with Gasteiger partial charge in [0.15, 0.2) is 0 Å². The number of hydrogen-bond acceptors (Lipinski definition) is 3. The normalized spacial score (nSPS) is 15.1. The van der Waals surface area contributed by atoms with Crippen LogP contribution in [0.4, 0.5) is 0 Å². The summed E-state index contributed by atoms with van der Waals surface area (Å²) in [4.78, 5) is 13.2. The molecule has 1 heterocycles. The SMILES string of the molecule is CC(C)C[C@H](NC(=O)c1cc2ccccc2s1)C(O)=C1CC1. The quantitative estimate of drug-likeness (QED) is 0.789. The zero-order valence-electron chi connectivity index (χ0n) is 12.9. The number of fused-ring (bicyclic) bond motifs is 1. The van der Waals surface area contributed by atoms with Crippen LogP contribution in [-0.4, -0.2) is 17.1 Å². The highest BCUT2D eigenvalue weighted by Gasteiger charge is 2.26. The monoisotopic (exact) mass is 315 g/mol. The summed E-state index contributed by atoms with van der Waals surface area (Å²) in [5.41, 5.74) is 1.09. The predicted molar refractivity (Wildman–Crippen MR) is 91.4 cm³/mol. The van der Waals surface area contributed by atoms with E-state index in [1.165, 1.54) is 11.3 Å². The molecule has 0 unspecified atom stereocenters. The maximum atomic E-state index is 12.5. The number of allylic oxidation sites excluding steroid dienone is 1. The first-order chi connectivity index (χ1) is 10.5. The topological polar surface area (TPSA) is 49.3 Å². The molecule has 1 atom stereocenters. The molecule has 3 nitrogen and oxygen atoms in total. The Balaban J connectivity index is 1.79. The van der Waals surface area contributed by atoms with Gasteiger partial charge in [0, 0.05) is 4.70 Å². The van der Waals surface area contributed by atoms with Crippen LogP contribution in [0, 0.1) is 5.92 Å². The van der Waals surface area contributed by atoms with Gasteiger partial charge in [-0.3, -0.25) is 4.79 Å². The molecular weight excluding hydrogens is 294 g/mol. The van der Waals surface area contributed by atoms with Crippen LogP contribution in [0.5, 0.6) is 0 Å². The molecule has 1 saturated carbocycles. The lowest BCUT2D eigenvalue weighted by atomic mass is 10.0. The van der Waals surface area contributed by atoms with Crippen LogP contribution in [0.1, 0.15) is 42.8 Å². The van der Waals surface area contributed by atoms with Crippen LogP contribution in [0.25, 0.3) is 10.1 Å². The number of thiophene rings is 1.